The fourth-order valence-corrected chi connectivity index (χ4v) is 4.56. The Morgan fingerprint density at radius 3 is 2.17 bits per heavy atom. The van der Waals surface area contributed by atoms with Crippen molar-refractivity contribution in [1.82, 2.24) is 14.9 Å². The summed E-state index contributed by atoms with van der Waals surface area (Å²) in [7, 11) is 1.80. The first-order valence-electron chi connectivity index (χ1n) is 12.7. The lowest BCUT2D eigenvalue weighted by molar-refractivity contribution is -0.137. The van der Waals surface area contributed by atoms with Gasteiger partial charge in [0.25, 0.3) is 5.91 Å². The second-order valence-corrected chi connectivity index (χ2v) is 9.24. The number of carbonyl (C=O) groups is 3. The smallest absolute Gasteiger partial charge is 0.346 e. The van der Waals surface area contributed by atoms with Crippen molar-refractivity contribution in [3.05, 3.63) is 102 Å². The number of rotatable bonds is 6. The molecule has 0 unspecified atom stereocenters. The molecule has 210 valence electrons. The fraction of sp³-hybridized carbons (Fsp3) is 0.172. The van der Waals surface area contributed by atoms with Crippen molar-refractivity contribution in [2.45, 2.75) is 19.6 Å². The summed E-state index contributed by atoms with van der Waals surface area (Å²) in [4.78, 5) is 47.8. The number of aryl methyl sites for hydroxylation is 1. The largest absolute Gasteiger partial charge is 0.416 e. The van der Waals surface area contributed by atoms with Crippen LogP contribution in [0.15, 0.2) is 85.3 Å². The summed E-state index contributed by atoms with van der Waals surface area (Å²) < 4.78 is 42.9. The van der Waals surface area contributed by atoms with Gasteiger partial charge in [-0.3, -0.25) is 14.6 Å². The molecule has 3 aromatic carbocycles. The first kappa shape index (κ1) is 27.4. The number of aromatic nitrogens is 2. The highest BCUT2D eigenvalue weighted by Crippen LogP contribution is 2.43. The Balaban J connectivity index is 1.53. The number of amides is 5. The molecule has 1 aliphatic heterocycles. The van der Waals surface area contributed by atoms with Gasteiger partial charge in [0.15, 0.2) is 0 Å². The van der Waals surface area contributed by atoms with Crippen LogP contribution in [0.2, 0.25) is 0 Å². The van der Waals surface area contributed by atoms with Crippen molar-refractivity contribution >= 4 is 40.7 Å². The highest BCUT2D eigenvalue weighted by molar-refractivity contribution is 6.28. The van der Waals surface area contributed by atoms with Crippen LogP contribution in [0.5, 0.6) is 0 Å². The van der Waals surface area contributed by atoms with Crippen LogP contribution in [0.4, 0.5) is 45.5 Å². The lowest BCUT2D eigenvalue weighted by Gasteiger charge is -2.27. The molecule has 0 atom stereocenters. The van der Waals surface area contributed by atoms with Gasteiger partial charge in [-0.2, -0.15) is 13.2 Å². The van der Waals surface area contributed by atoms with E-state index < -0.39 is 23.8 Å². The van der Waals surface area contributed by atoms with Crippen LogP contribution in [-0.4, -0.2) is 34.1 Å². The van der Waals surface area contributed by atoms with E-state index in [9.17, 15) is 27.6 Å². The lowest BCUT2D eigenvalue weighted by Crippen LogP contribution is -2.48. The molecule has 9 nitrogen and oxygen atoms in total. The number of para-hydroxylation sites is 1. The molecule has 0 fully saturated rings. The van der Waals surface area contributed by atoms with E-state index >= 15 is 0 Å². The minimum absolute atomic E-state index is 0.0815. The SMILES string of the molecule is CCN1C(=O)N(c2ccc(C(=O)NCc3cncn3C)cc2)C(=O)N(c2ccccc2)c2cc(C(F)(F)F)ccc21. The van der Waals surface area contributed by atoms with Gasteiger partial charge in [0.1, 0.15) is 0 Å². The van der Waals surface area contributed by atoms with Crippen LogP contribution in [-0.2, 0) is 19.8 Å². The fourth-order valence-electron chi connectivity index (χ4n) is 4.56. The number of alkyl halides is 3. The first-order chi connectivity index (χ1) is 19.6. The third-order valence-electron chi connectivity index (χ3n) is 6.70. The molecule has 2 heterocycles. The van der Waals surface area contributed by atoms with Crippen LogP contribution < -0.4 is 20.0 Å². The molecule has 1 N–H and O–H groups in total. The molecule has 4 aromatic rings. The normalized spacial score (nSPS) is 13.7. The number of benzene rings is 3. The number of anilines is 4. The summed E-state index contributed by atoms with van der Waals surface area (Å²) in [5.41, 5.74) is 0.617. The molecule has 1 aromatic heterocycles. The third-order valence-corrected chi connectivity index (χ3v) is 6.70. The number of halogens is 3. The molecule has 41 heavy (non-hydrogen) atoms. The van der Waals surface area contributed by atoms with Crippen LogP contribution in [0.25, 0.3) is 0 Å². The number of hydrogen-bond acceptors (Lipinski definition) is 4. The Labute approximate surface area is 233 Å². The summed E-state index contributed by atoms with van der Waals surface area (Å²) in [6.45, 7) is 1.99. The second kappa shape index (κ2) is 10.8. The number of imidazole rings is 1. The van der Waals surface area contributed by atoms with E-state index in [4.69, 9.17) is 0 Å². The van der Waals surface area contributed by atoms with Gasteiger partial charge in [-0.05, 0) is 61.5 Å². The van der Waals surface area contributed by atoms with Gasteiger partial charge in [-0.15, -0.1) is 0 Å². The van der Waals surface area contributed by atoms with Crippen molar-refractivity contribution in [1.29, 1.82) is 0 Å². The molecular formula is C29H25F3N6O3. The standard InChI is InChI=1S/C29H25F3N6O3/c1-3-36-24-14-11-20(29(30,31)32)15-25(24)37(21-7-5-4-6-8-21)28(41)38(27(36)40)22-12-9-19(10-13-22)26(39)34-17-23-16-33-18-35(23)2/h4-16,18H,3,17H2,1-2H3,(H,34,39). The summed E-state index contributed by atoms with van der Waals surface area (Å²) in [5.74, 6) is -0.376. The maximum absolute atomic E-state index is 14.1. The number of urea groups is 2. The molecule has 5 rings (SSSR count). The van der Waals surface area contributed by atoms with Gasteiger partial charge in [0.05, 0.1) is 46.9 Å². The number of carbonyl (C=O) groups excluding carboxylic acids is 3. The topological polar surface area (TPSA) is 90.8 Å². The van der Waals surface area contributed by atoms with Crippen LogP contribution in [0.3, 0.4) is 0 Å². The van der Waals surface area contributed by atoms with E-state index in [1.165, 1.54) is 35.2 Å². The minimum Gasteiger partial charge on any atom is -0.346 e. The van der Waals surface area contributed by atoms with E-state index in [1.54, 1.807) is 61.4 Å². The van der Waals surface area contributed by atoms with Gasteiger partial charge in [0, 0.05) is 25.4 Å². The van der Waals surface area contributed by atoms with E-state index in [0.29, 0.717) is 0 Å². The third kappa shape index (κ3) is 5.23. The molecule has 0 bridgehead atoms. The van der Waals surface area contributed by atoms with E-state index in [0.717, 1.165) is 27.6 Å². The molecule has 5 amide bonds. The summed E-state index contributed by atoms with van der Waals surface area (Å²) in [6.07, 6.45) is -1.42. The summed E-state index contributed by atoms with van der Waals surface area (Å²) >= 11 is 0. The number of nitrogens with zero attached hydrogens (tertiary/aromatic N) is 5. The maximum atomic E-state index is 14.1. The Morgan fingerprint density at radius 1 is 0.878 bits per heavy atom. The van der Waals surface area contributed by atoms with Crippen LogP contribution in [0, 0.1) is 0 Å². The van der Waals surface area contributed by atoms with Gasteiger partial charge in [-0.1, -0.05) is 18.2 Å². The van der Waals surface area contributed by atoms with E-state index in [1.807, 2.05) is 0 Å². The molecule has 0 spiro atoms. The van der Waals surface area contributed by atoms with Crippen molar-refractivity contribution in [2.75, 3.05) is 21.2 Å². The van der Waals surface area contributed by atoms with Gasteiger partial charge in [0.2, 0.25) is 0 Å². The molecule has 12 heteroatoms. The van der Waals surface area contributed by atoms with E-state index in [-0.39, 0.29) is 47.3 Å². The average Bonchev–Trinajstić information content (AvgIpc) is 3.34. The zero-order valence-electron chi connectivity index (χ0n) is 22.1. The van der Waals surface area contributed by atoms with Crippen molar-refractivity contribution in [3.63, 3.8) is 0 Å². The Morgan fingerprint density at radius 2 is 1.56 bits per heavy atom. The molecule has 1 aliphatic rings. The second-order valence-electron chi connectivity index (χ2n) is 9.24. The summed E-state index contributed by atoms with van der Waals surface area (Å²) in [6, 6.07) is 15.3. The minimum atomic E-state index is -4.67. The molecule has 0 saturated heterocycles. The van der Waals surface area contributed by atoms with Gasteiger partial charge < -0.3 is 9.88 Å². The molecule has 0 saturated carbocycles. The summed E-state index contributed by atoms with van der Waals surface area (Å²) in [5, 5.41) is 2.79. The van der Waals surface area contributed by atoms with Gasteiger partial charge in [-0.25, -0.2) is 19.5 Å². The van der Waals surface area contributed by atoms with Gasteiger partial charge >= 0.3 is 18.2 Å². The predicted molar refractivity (Wildman–Crippen MR) is 147 cm³/mol. The molecule has 0 aliphatic carbocycles. The van der Waals surface area contributed by atoms with E-state index in [2.05, 4.69) is 10.3 Å². The van der Waals surface area contributed by atoms with Crippen molar-refractivity contribution in [2.24, 2.45) is 7.05 Å². The maximum Gasteiger partial charge on any atom is 0.416 e. The number of nitrogens with one attached hydrogen (secondary N) is 1. The highest BCUT2D eigenvalue weighted by Gasteiger charge is 2.41. The Bertz CT molecular complexity index is 1600. The first-order valence-corrected chi connectivity index (χ1v) is 12.7. The van der Waals surface area contributed by atoms with Crippen molar-refractivity contribution in [3.8, 4) is 0 Å². The Kier molecular flexibility index (Phi) is 7.22. The quantitative estimate of drug-likeness (QED) is 0.308. The zero-order chi connectivity index (χ0) is 29.3. The Hall–Kier alpha value is -5.13. The average molecular weight is 563 g/mol. The number of imide groups is 1. The van der Waals surface area contributed by atoms with Crippen LogP contribution >= 0.6 is 0 Å². The molecular weight excluding hydrogens is 537 g/mol. The lowest BCUT2D eigenvalue weighted by atomic mass is 10.1. The monoisotopic (exact) mass is 562 g/mol. The van der Waals surface area contributed by atoms with Crippen molar-refractivity contribution < 1.29 is 27.6 Å². The number of hydrogen-bond donors (Lipinski definition) is 1. The molecule has 0 radical (unpaired) electrons. The zero-order valence-corrected chi connectivity index (χ0v) is 22.1. The predicted octanol–water partition coefficient (Wildman–Crippen LogP) is 6.09. The number of fused-ring (bicyclic) bond motifs is 1. The highest BCUT2D eigenvalue weighted by atomic mass is 19.4. The van der Waals surface area contributed by atoms with Crippen LogP contribution in [0.1, 0.15) is 28.5 Å².